The molecule has 0 aliphatic carbocycles. The number of nitrogens with zero attached hydrogens (tertiary/aromatic N) is 2. The summed E-state index contributed by atoms with van der Waals surface area (Å²) in [4.78, 5) is 12.5. The van der Waals surface area contributed by atoms with Gasteiger partial charge in [0, 0.05) is 18.7 Å². The van der Waals surface area contributed by atoms with E-state index in [2.05, 4.69) is 24.4 Å². The molecule has 1 amide bonds. The van der Waals surface area contributed by atoms with Crippen LogP contribution in [-0.2, 0) is 10.0 Å². The van der Waals surface area contributed by atoms with Gasteiger partial charge < -0.3 is 4.74 Å². The number of amides is 1. The van der Waals surface area contributed by atoms with Gasteiger partial charge >= 0.3 is 0 Å². The second-order valence-corrected chi connectivity index (χ2v) is 9.88. The molecule has 2 aromatic rings. The molecule has 2 aromatic carbocycles. The Kier molecular flexibility index (Phi) is 7.81. The summed E-state index contributed by atoms with van der Waals surface area (Å²) < 4.78 is 32.5. The highest BCUT2D eigenvalue weighted by molar-refractivity contribution is 7.89. The first-order valence-corrected chi connectivity index (χ1v) is 12.0. The van der Waals surface area contributed by atoms with Crippen molar-refractivity contribution in [1.29, 1.82) is 0 Å². The van der Waals surface area contributed by atoms with Crippen LogP contribution in [0.2, 0.25) is 0 Å². The second kappa shape index (κ2) is 10.5. The molecule has 0 saturated carbocycles. The summed E-state index contributed by atoms with van der Waals surface area (Å²) in [6.45, 7) is 6.02. The van der Waals surface area contributed by atoms with E-state index in [9.17, 15) is 13.2 Å². The highest BCUT2D eigenvalue weighted by Gasteiger charge is 2.27. The first-order valence-electron chi connectivity index (χ1n) is 10.5. The highest BCUT2D eigenvalue weighted by atomic mass is 32.2. The average molecular weight is 444 g/mol. The minimum Gasteiger partial charge on any atom is -0.494 e. The zero-order valence-electron chi connectivity index (χ0n) is 18.0. The quantitative estimate of drug-likeness (QED) is 0.473. The number of carbonyl (C=O) groups excluding carboxylic acids is 1. The van der Waals surface area contributed by atoms with E-state index in [1.54, 1.807) is 12.1 Å². The monoisotopic (exact) mass is 443 g/mol. The smallest absolute Gasteiger partial charge is 0.271 e. The van der Waals surface area contributed by atoms with Gasteiger partial charge in [0.1, 0.15) is 5.75 Å². The van der Waals surface area contributed by atoms with Gasteiger partial charge in [0.2, 0.25) is 10.0 Å². The van der Waals surface area contributed by atoms with Gasteiger partial charge in [-0.3, -0.25) is 4.79 Å². The number of carbonyl (C=O) groups is 1. The molecule has 8 heteroatoms. The Hall–Kier alpha value is -2.71. The van der Waals surface area contributed by atoms with Gasteiger partial charge in [-0.2, -0.15) is 9.41 Å². The Bertz CT molecular complexity index is 1010. The maximum Gasteiger partial charge on any atom is 0.271 e. The van der Waals surface area contributed by atoms with Crippen LogP contribution in [0.3, 0.4) is 0 Å². The molecule has 0 spiro atoms. The molecule has 31 heavy (non-hydrogen) atoms. The molecule has 3 rings (SSSR count). The number of rotatable bonds is 9. The van der Waals surface area contributed by atoms with Crippen molar-refractivity contribution >= 4 is 22.1 Å². The molecule has 1 heterocycles. The van der Waals surface area contributed by atoms with E-state index >= 15 is 0 Å². The Labute approximate surface area is 184 Å². The van der Waals surface area contributed by atoms with Crippen molar-refractivity contribution in [3.8, 4) is 5.75 Å². The topological polar surface area (TPSA) is 88.1 Å². The fourth-order valence-corrected chi connectivity index (χ4v) is 4.73. The van der Waals surface area contributed by atoms with E-state index in [0.717, 1.165) is 30.6 Å². The van der Waals surface area contributed by atoms with Crippen molar-refractivity contribution in [2.75, 3.05) is 19.7 Å². The van der Waals surface area contributed by atoms with Crippen LogP contribution in [0.15, 0.2) is 58.5 Å². The average Bonchev–Trinajstić information content (AvgIpc) is 3.30. The van der Waals surface area contributed by atoms with E-state index in [4.69, 9.17) is 4.74 Å². The number of ether oxygens (including phenoxy) is 1. The largest absolute Gasteiger partial charge is 0.494 e. The fraction of sp³-hybridized carbons (Fsp3) is 0.391. The Balaban J connectivity index is 1.57. The van der Waals surface area contributed by atoms with Gasteiger partial charge in [0.25, 0.3) is 5.91 Å². The maximum absolute atomic E-state index is 12.7. The van der Waals surface area contributed by atoms with Crippen molar-refractivity contribution in [3.05, 3.63) is 59.7 Å². The minimum absolute atomic E-state index is 0.124. The molecule has 1 aliphatic heterocycles. The van der Waals surface area contributed by atoms with E-state index in [-0.39, 0.29) is 10.5 Å². The van der Waals surface area contributed by atoms with Crippen molar-refractivity contribution in [2.24, 2.45) is 11.0 Å². The lowest BCUT2D eigenvalue weighted by molar-refractivity contribution is 0.0955. The fourth-order valence-electron chi connectivity index (χ4n) is 3.17. The first kappa shape index (κ1) is 23.0. The summed E-state index contributed by atoms with van der Waals surface area (Å²) in [6, 6.07) is 13.5. The van der Waals surface area contributed by atoms with Crippen LogP contribution < -0.4 is 10.2 Å². The van der Waals surface area contributed by atoms with Crippen molar-refractivity contribution < 1.29 is 17.9 Å². The van der Waals surface area contributed by atoms with Crippen LogP contribution in [0.1, 0.15) is 49.0 Å². The van der Waals surface area contributed by atoms with E-state index < -0.39 is 15.9 Å². The van der Waals surface area contributed by atoms with E-state index in [1.165, 1.54) is 22.7 Å². The second-order valence-electron chi connectivity index (χ2n) is 7.94. The summed E-state index contributed by atoms with van der Waals surface area (Å²) in [6.07, 6.45) is 4.24. The van der Waals surface area contributed by atoms with Gasteiger partial charge in [-0.05, 0) is 73.2 Å². The third-order valence-electron chi connectivity index (χ3n) is 5.02. The lowest BCUT2D eigenvalue weighted by Gasteiger charge is -2.15. The summed E-state index contributed by atoms with van der Waals surface area (Å²) in [5.74, 6) is 0.914. The van der Waals surface area contributed by atoms with Crippen LogP contribution in [0.5, 0.6) is 5.75 Å². The number of benzene rings is 2. The lowest BCUT2D eigenvalue weighted by Crippen LogP contribution is -2.28. The molecule has 0 atom stereocenters. The number of hydrogen-bond donors (Lipinski definition) is 1. The molecule has 1 N–H and O–H groups in total. The maximum atomic E-state index is 12.7. The molecule has 1 saturated heterocycles. The zero-order valence-corrected chi connectivity index (χ0v) is 18.8. The number of hydrogen-bond acceptors (Lipinski definition) is 5. The predicted molar refractivity (Wildman–Crippen MR) is 121 cm³/mol. The third-order valence-corrected chi connectivity index (χ3v) is 6.92. The Morgan fingerprint density at radius 3 is 2.55 bits per heavy atom. The molecule has 0 bridgehead atoms. The molecular formula is C23H29N3O4S. The van der Waals surface area contributed by atoms with Crippen LogP contribution in [0.25, 0.3) is 0 Å². The molecule has 0 radical (unpaired) electrons. The van der Waals surface area contributed by atoms with Crippen LogP contribution in [0, 0.1) is 5.92 Å². The summed E-state index contributed by atoms with van der Waals surface area (Å²) >= 11 is 0. The van der Waals surface area contributed by atoms with Crippen molar-refractivity contribution in [3.63, 3.8) is 0 Å². The number of nitrogens with one attached hydrogen (secondary N) is 1. The van der Waals surface area contributed by atoms with Crippen LogP contribution in [0.4, 0.5) is 0 Å². The van der Waals surface area contributed by atoms with E-state index in [0.29, 0.717) is 25.6 Å². The molecular weight excluding hydrogens is 414 g/mol. The van der Waals surface area contributed by atoms with E-state index in [1.807, 2.05) is 24.3 Å². The van der Waals surface area contributed by atoms with Gasteiger partial charge in [-0.15, -0.1) is 0 Å². The van der Waals surface area contributed by atoms with Crippen molar-refractivity contribution in [2.45, 2.75) is 38.0 Å². The molecule has 0 unspecified atom stereocenters. The Morgan fingerprint density at radius 1 is 1.16 bits per heavy atom. The van der Waals surface area contributed by atoms with Crippen molar-refractivity contribution in [1.82, 2.24) is 9.73 Å². The summed E-state index contributed by atoms with van der Waals surface area (Å²) in [7, 11) is -3.57. The van der Waals surface area contributed by atoms with Gasteiger partial charge in [-0.25, -0.2) is 13.8 Å². The molecule has 1 aliphatic rings. The highest BCUT2D eigenvalue weighted by Crippen LogP contribution is 2.21. The normalized spacial score (nSPS) is 14.9. The summed E-state index contributed by atoms with van der Waals surface area (Å²) in [5, 5.41) is 3.98. The first-order chi connectivity index (χ1) is 14.9. The molecule has 7 nitrogen and oxygen atoms in total. The molecule has 166 valence electrons. The standard InChI is InChI=1S/C23H29N3O4S/c1-18(2)12-15-30-21-10-8-19(9-11-21)17-24-25-23(27)20-6-5-7-22(16-20)31(28,29)26-13-3-4-14-26/h5-11,16-18H,3-4,12-15H2,1-2H3,(H,25,27)/b24-17+. The number of sulfonamides is 1. The van der Waals surface area contributed by atoms with Gasteiger partial charge in [0.05, 0.1) is 17.7 Å². The minimum atomic E-state index is -3.57. The third kappa shape index (κ3) is 6.38. The van der Waals surface area contributed by atoms with Gasteiger partial charge in [0.15, 0.2) is 0 Å². The lowest BCUT2D eigenvalue weighted by atomic mass is 10.1. The molecule has 1 fully saturated rings. The Morgan fingerprint density at radius 2 is 1.87 bits per heavy atom. The number of hydrazone groups is 1. The van der Waals surface area contributed by atoms with Gasteiger partial charge in [-0.1, -0.05) is 19.9 Å². The SMILES string of the molecule is CC(C)CCOc1ccc(/C=N/NC(=O)c2cccc(S(=O)(=O)N3CCCC3)c2)cc1. The summed E-state index contributed by atoms with van der Waals surface area (Å²) in [5.41, 5.74) is 3.50. The van der Waals surface area contributed by atoms with Crippen LogP contribution >= 0.6 is 0 Å². The molecule has 0 aromatic heterocycles. The predicted octanol–water partition coefficient (Wildman–Crippen LogP) is 3.66. The zero-order chi connectivity index (χ0) is 22.3. The van der Waals surface area contributed by atoms with Crippen LogP contribution in [-0.4, -0.2) is 44.5 Å².